The van der Waals surface area contributed by atoms with Crippen LogP contribution in [0.15, 0.2) is 30.5 Å². The van der Waals surface area contributed by atoms with Gasteiger partial charge >= 0.3 is 0 Å². The van der Waals surface area contributed by atoms with Crippen molar-refractivity contribution in [1.29, 1.82) is 0 Å². The van der Waals surface area contributed by atoms with Crippen LogP contribution in [0.4, 0.5) is 0 Å². The second kappa shape index (κ2) is 7.74. The Balaban J connectivity index is 1.93. The van der Waals surface area contributed by atoms with Crippen LogP contribution in [0.1, 0.15) is 35.8 Å². The number of aromatic nitrogens is 2. The Kier molecular flexibility index (Phi) is 5.43. The van der Waals surface area contributed by atoms with Crippen molar-refractivity contribution in [3.8, 4) is 11.1 Å². The molecule has 0 saturated carbocycles. The van der Waals surface area contributed by atoms with Crippen molar-refractivity contribution < 1.29 is 9.53 Å². The Labute approximate surface area is 149 Å². The fourth-order valence-electron chi connectivity index (χ4n) is 3.48. The van der Waals surface area contributed by atoms with Crippen molar-refractivity contribution in [1.82, 2.24) is 14.9 Å². The highest BCUT2D eigenvalue weighted by Gasteiger charge is 2.27. The molecule has 0 spiro atoms. The van der Waals surface area contributed by atoms with Crippen LogP contribution in [0.3, 0.4) is 0 Å². The molecule has 1 aromatic heterocycles. The third kappa shape index (κ3) is 4.04. The fourth-order valence-corrected chi connectivity index (χ4v) is 3.48. The molecule has 1 amide bonds. The first kappa shape index (κ1) is 17.5. The average Bonchev–Trinajstić information content (AvgIpc) is 2.62. The van der Waals surface area contributed by atoms with Crippen molar-refractivity contribution in [2.45, 2.75) is 32.6 Å². The Morgan fingerprint density at radius 3 is 2.96 bits per heavy atom. The Hall–Kier alpha value is -2.27. The quantitative estimate of drug-likeness (QED) is 0.859. The molecule has 2 aromatic rings. The summed E-state index contributed by atoms with van der Waals surface area (Å²) in [6.07, 6.45) is 3.94. The van der Waals surface area contributed by atoms with Gasteiger partial charge in [-0.2, -0.15) is 0 Å². The van der Waals surface area contributed by atoms with E-state index in [1.165, 1.54) is 5.56 Å². The number of amides is 1. The molecule has 1 aromatic carbocycles. The van der Waals surface area contributed by atoms with Crippen molar-refractivity contribution in [3.05, 3.63) is 47.5 Å². The summed E-state index contributed by atoms with van der Waals surface area (Å²) < 4.78 is 5.01. The third-order valence-corrected chi connectivity index (χ3v) is 4.70. The van der Waals surface area contributed by atoms with Crippen LogP contribution in [0.2, 0.25) is 0 Å². The van der Waals surface area contributed by atoms with Crippen molar-refractivity contribution in [2.75, 3.05) is 26.8 Å². The summed E-state index contributed by atoms with van der Waals surface area (Å²) >= 11 is 0. The topological polar surface area (TPSA) is 55.3 Å². The zero-order valence-corrected chi connectivity index (χ0v) is 15.2. The monoisotopic (exact) mass is 339 g/mol. The van der Waals surface area contributed by atoms with Gasteiger partial charge in [-0.05, 0) is 32.3 Å². The van der Waals surface area contributed by atoms with Gasteiger partial charge in [0.2, 0.25) is 5.91 Å². The first-order valence-electron chi connectivity index (χ1n) is 8.75. The fraction of sp³-hybridized carbons (Fsp3) is 0.450. The number of ether oxygens (including phenoxy) is 1. The molecule has 2 heterocycles. The smallest absolute Gasteiger partial charge is 0.248 e. The SMILES string of the molecule is COCC(=O)N1CCC[C@H](c2nc(C)ncc2-c2cccc(C)c2)C1. The molecule has 0 aliphatic carbocycles. The van der Waals surface area contributed by atoms with E-state index in [0.29, 0.717) is 6.54 Å². The van der Waals surface area contributed by atoms with Gasteiger partial charge in [-0.3, -0.25) is 4.79 Å². The first-order valence-corrected chi connectivity index (χ1v) is 8.75. The van der Waals surface area contributed by atoms with Crippen LogP contribution >= 0.6 is 0 Å². The van der Waals surface area contributed by atoms with Gasteiger partial charge in [0.1, 0.15) is 12.4 Å². The lowest BCUT2D eigenvalue weighted by molar-refractivity contribution is -0.136. The van der Waals surface area contributed by atoms with Gasteiger partial charge in [0, 0.05) is 37.9 Å². The van der Waals surface area contributed by atoms with Crippen LogP contribution in [-0.4, -0.2) is 47.6 Å². The molecule has 1 saturated heterocycles. The van der Waals surface area contributed by atoms with E-state index < -0.39 is 0 Å². The second-order valence-electron chi connectivity index (χ2n) is 6.70. The Morgan fingerprint density at radius 1 is 1.36 bits per heavy atom. The lowest BCUT2D eigenvalue weighted by Gasteiger charge is -2.33. The minimum Gasteiger partial charge on any atom is -0.375 e. The highest BCUT2D eigenvalue weighted by Crippen LogP contribution is 2.33. The van der Waals surface area contributed by atoms with Gasteiger partial charge < -0.3 is 9.64 Å². The number of carbonyl (C=O) groups is 1. The predicted octanol–water partition coefficient (Wildman–Crippen LogP) is 3.11. The molecule has 0 N–H and O–H groups in total. The molecule has 1 fully saturated rings. The summed E-state index contributed by atoms with van der Waals surface area (Å²) in [7, 11) is 1.56. The number of likely N-dealkylation sites (tertiary alicyclic amines) is 1. The maximum Gasteiger partial charge on any atom is 0.248 e. The van der Waals surface area contributed by atoms with Gasteiger partial charge in [-0.1, -0.05) is 29.8 Å². The zero-order chi connectivity index (χ0) is 17.8. The molecule has 0 bridgehead atoms. The van der Waals surface area contributed by atoms with Crippen molar-refractivity contribution in [2.24, 2.45) is 0 Å². The highest BCUT2D eigenvalue weighted by molar-refractivity contribution is 5.77. The van der Waals surface area contributed by atoms with E-state index in [1.807, 2.05) is 18.0 Å². The van der Waals surface area contributed by atoms with Gasteiger partial charge in [-0.15, -0.1) is 0 Å². The maximum atomic E-state index is 12.2. The third-order valence-electron chi connectivity index (χ3n) is 4.70. The molecular formula is C20H25N3O2. The van der Waals surface area contributed by atoms with E-state index >= 15 is 0 Å². The summed E-state index contributed by atoms with van der Waals surface area (Å²) in [5.41, 5.74) is 4.47. The number of nitrogens with zero attached hydrogens (tertiary/aromatic N) is 3. The van der Waals surface area contributed by atoms with E-state index in [-0.39, 0.29) is 18.4 Å². The Morgan fingerprint density at radius 2 is 2.20 bits per heavy atom. The minimum atomic E-state index is 0.0510. The molecule has 1 aliphatic heterocycles. The summed E-state index contributed by atoms with van der Waals surface area (Å²) in [4.78, 5) is 23.3. The molecule has 0 unspecified atom stereocenters. The van der Waals surface area contributed by atoms with Crippen LogP contribution in [0.25, 0.3) is 11.1 Å². The van der Waals surface area contributed by atoms with E-state index in [2.05, 4.69) is 36.2 Å². The minimum absolute atomic E-state index is 0.0510. The van der Waals surface area contributed by atoms with Gasteiger partial charge in [0.15, 0.2) is 0 Å². The number of methoxy groups -OCH3 is 1. The molecule has 25 heavy (non-hydrogen) atoms. The number of hydrogen-bond acceptors (Lipinski definition) is 4. The van der Waals surface area contributed by atoms with E-state index in [1.54, 1.807) is 7.11 Å². The normalized spacial score (nSPS) is 17.6. The number of benzene rings is 1. The van der Waals surface area contributed by atoms with E-state index in [0.717, 1.165) is 42.0 Å². The van der Waals surface area contributed by atoms with Crippen LogP contribution in [-0.2, 0) is 9.53 Å². The van der Waals surface area contributed by atoms with E-state index in [9.17, 15) is 4.79 Å². The number of carbonyl (C=O) groups excluding carboxylic acids is 1. The molecule has 0 radical (unpaired) electrons. The van der Waals surface area contributed by atoms with Gasteiger partial charge in [0.25, 0.3) is 0 Å². The Bertz CT molecular complexity index is 760. The molecule has 5 heteroatoms. The number of hydrogen-bond donors (Lipinski definition) is 0. The van der Waals surface area contributed by atoms with Crippen LogP contribution in [0.5, 0.6) is 0 Å². The summed E-state index contributed by atoms with van der Waals surface area (Å²) in [6.45, 7) is 5.63. The lowest BCUT2D eigenvalue weighted by atomic mass is 9.89. The molecule has 5 nitrogen and oxygen atoms in total. The van der Waals surface area contributed by atoms with Crippen molar-refractivity contribution in [3.63, 3.8) is 0 Å². The largest absolute Gasteiger partial charge is 0.375 e. The summed E-state index contributed by atoms with van der Waals surface area (Å²) in [5.74, 6) is 1.05. The number of piperidine rings is 1. The molecule has 1 atom stereocenters. The summed E-state index contributed by atoms with van der Waals surface area (Å²) in [5, 5.41) is 0. The predicted molar refractivity (Wildman–Crippen MR) is 97.4 cm³/mol. The molecule has 1 aliphatic rings. The average molecular weight is 339 g/mol. The zero-order valence-electron chi connectivity index (χ0n) is 15.2. The first-order chi connectivity index (χ1) is 12.1. The van der Waals surface area contributed by atoms with Crippen LogP contribution < -0.4 is 0 Å². The number of aryl methyl sites for hydroxylation is 2. The lowest BCUT2D eigenvalue weighted by Crippen LogP contribution is -2.41. The molecule has 3 rings (SSSR count). The second-order valence-corrected chi connectivity index (χ2v) is 6.70. The maximum absolute atomic E-state index is 12.2. The summed E-state index contributed by atoms with van der Waals surface area (Å²) in [6, 6.07) is 8.41. The van der Waals surface area contributed by atoms with Crippen LogP contribution in [0, 0.1) is 13.8 Å². The molecule has 132 valence electrons. The van der Waals surface area contributed by atoms with E-state index in [4.69, 9.17) is 9.72 Å². The van der Waals surface area contributed by atoms with Crippen molar-refractivity contribution >= 4 is 5.91 Å². The van der Waals surface area contributed by atoms with Gasteiger partial charge in [0.05, 0.1) is 5.69 Å². The highest BCUT2D eigenvalue weighted by atomic mass is 16.5. The van der Waals surface area contributed by atoms with Gasteiger partial charge in [-0.25, -0.2) is 9.97 Å². The number of rotatable bonds is 4. The molecular weight excluding hydrogens is 314 g/mol. The standard InChI is InChI=1S/C20H25N3O2/c1-14-6-4-7-16(10-14)18-11-21-15(2)22-20(18)17-8-5-9-23(12-17)19(24)13-25-3/h4,6-7,10-11,17H,5,8-9,12-13H2,1-3H3/t17-/m0/s1.